The number of thioether (sulfide) groups is 1. The molecule has 1 saturated heterocycles. The van der Waals surface area contributed by atoms with E-state index in [1.807, 2.05) is 41.3 Å². The Kier molecular flexibility index (Phi) is 7.25. The van der Waals surface area contributed by atoms with E-state index in [9.17, 15) is 4.79 Å². The lowest BCUT2D eigenvalue weighted by Gasteiger charge is -2.33. The summed E-state index contributed by atoms with van der Waals surface area (Å²) in [6, 6.07) is 18.6. The molecule has 2 heterocycles. The van der Waals surface area contributed by atoms with Gasteiger partial charge in [0.05, 0.1) is 6.04 Å². The van der Waals surface area contributed by atoms with Crippen LogP contribution in [-0.4, -0.2) is 33.3 Å². The van der Waals surface area contributed by atoms with E-state index >= 15 is 0 Å². The van der Waals surface area contributed by atoms with Crippen LogP contribution in [0.25, 0.3) is 6.08 Å². The number of piperidine rings is 1. The number of rotatable bonds is 8. The highest BCUT2D eigenvalue weighted by Gasteiger charge is 2.41. The molecule has 1 aliphatic heterocycles. The number of allylic oxidation sites excluding steroid dienone is 1. The van der Waals surface area contributed by atoms with Crippen molar-refractivity contribution >= 4 is 23.9 Å². The molecule has 1 aliphatic carbocycles. The summed E-state index contributed by atoms with van der Waals surface area (Å²) in [6.07, 6.45) is 11.9. The number of nitrogens with zero attached hydrogens (tertiary/aromatic N) is 3. The lowest BCUT2D eigenvalue weighted by Crippen LogP contribution is -2.37. The van der Waals surface area contributed by atoms with Gasteiger partial charge in [0.15, 0.2) is 5.16 Å². The molecular weight excluding hydrogens is 442 g/mol. The summed E-state index contributed by atoms with van der Waals surface area (Å²) in [7, 11) is 0. The van der Waals surface area contributed by atoms with Crippen LogP contribution < -0.4 is 0 Å². The highest BCUT2D eigenvalue weighted by atomic mass is 32.2. The number of amides is 1. The molecule has 0 saturated carbocycles. The van der Waals surface area contributed by atoms with Crippen molar-refractivity contribution in [3.05, 3.63) is 95.3 Å². The summed E-state index contributed by atoms with van der Waals surface area (Å²) >= 11 is 1.69. The zero-order valence-corrected chi connectivity index (χ0v) is 20.0. The Labute approximate surface area is 205 Å². The third-order valence-electron chi connectivity index (χ3n) is 6.55. The molecule has 1 aromatic heterocycles. The standard InChI is InChI=1S/C28H29N3O2S/c32-28(33-20-22-9-3-1-4-10-22)31-16-13-23-19-26(31)25-18-21(11-12-24(23)25)8-5-2-6-17-34-27-29-14-7-15-30-27/h1,3-5,7-12,14-15,18,23,26H,2,6,13,16-17,19-20H2/b8-5+. The lowest BCUT2D eigenvalue weighted by molar-refractivity contribution is 0.0694. The van der Waals surface area contributed by atoms with Gasteiger partial charge in [-0.15, -0.1) is 0 Å². The first-order valence-corrected chi connectivity index (χ1v) is 12.9. The van der Waals surface area contributed by atoms with Gasteiger partial charge < -0.3 is 9.64 Å². The lowest BCUT2D eigenvalue weighted by atomic mass is 9.95. The van der Waals surface area contributed by atoms with Crippen LogP contribution in [0.15, 0.2) is 78.2 Å². The van der Waals surface area contributed by atoms with Crippen LogP contribution >= 0.6 is 11.8 Å². The topological polar surface area (TPSA) is 55.3 Å². The zero-order valence-electron chi connectivity index (χ0n) is 19.2. The summed E-state index contributed by atoms with van der Waals surface area (Å²) in [5.41, 5.74) is 4.90. The number of unbranched alkanes of at least 4 members (excludes halogenated alkanes) is 1. The Morgan fingerprint density at radius 1 is 1.09 bits per heavy atom. The molecule has 0 spiro atoms. The number of hydrogen-bond donors (Lipinski definition) is 0. The van der Waals surface area contributed by atoms with Crippen LogP contribution in [0.2, 0.25) is 0 Å². The normalized spacial score (nSPS) is 18.8. The molecule has 0 radical (unpaired) electrons. The fraction of sp³-hybridized carbons (Fsp3) is 0.321. The average molecular weight is 472 g/mol. The Bertz CT molecular complexity index is 1140. The van der Waals surface area contributed by atoms with Crippen LogP contribution in [0.5, 0.6) is 0 Å². The highest BCUT2D eigenvalue weighted by molar-refractivity contribution is 7.99. The van der Waals surface area contributed by atoms with Crippen molar-refractivity contribution in [3.63, 3.8) is 0 Å². The van der Waals surface area contributed by atoms with Gasteiger partial charge in [0.2, 0.25) is 0 Å². The molecular formula is C28H29N3O2S. The summed E-state index contributed by atoms with van der Waals surface area (Å²) in [5.74, 6) is 1.55. The maximum absolute atomic E-state index is 12.9. The van der Waals surface area contributed by atoms with Gasteiger partial charge in [-0.05, 0) is 66.0 Å². The van der Waals surface area contributed by atoms with Gasteiger partial charge >= 0.3 is 6.09 Å². The molecule has 0 N–H and O–H groups in total. The maximum atomic E-state index is 12.9. The maximum Gasteiger partial charge on any atom is 0.410 e. The van der Waals surface area contributed by atoms with Gasteiger partial charge in [0.1, 0.15) is 6.61 Å². The third-order valence-corrected chi connectivity index (χ3v) is 7.51. The summed E-state index contributed by atoms with van der Waals surface area (Å²) in [4.78, 5) is 23.3. The Hall–Kier alpha value is -3.12. The number of likely N-dealkylation sites (tertiary alicyclic amines) is 1. The number of benzene rings is 2. The quantitative estimate of drug-likeness (QED) is 0.210. The molecule has 2 unspecified atom stereocenters. The smallest absolute Gasteiger partial charge is 0.410 e. The fourth-order valence-corrected chi connectivity index (χ4v) is 5.63. The highest BCUT2D eigenvalue weighted by Crippen LogP contribution is 2.49. The average Bonchev–Trinajstić information content (AvgIpc) is 3.17. The van der Waals surface area contributed by atoms with E-state index in [2.05, 4.69) is 40.3 Å². The first-order valence-electron chi connectivity index (χ1n) is 12.0. The molecule has 2 atom stereocenters. The zero-order chi connectivity index (χ0) is 23.2. The second kappa shape index (κ2) is 10.9. The largest absolute Gasteiger partial charge is 0.445 e. The first-order chi connectivity index (χ1) is 16.8. The van der Waals surface area contributed by atoms with Crippen LogP contribution in [0.1, 0.15) is 59.9 Å². The first kappa shape index (κ1) is 22.7. The number of ether oxygens (including phenoxy) is 1. The second-order valence-electron chi connectivity index (χ2n) is 8.78. The van der Waals surface area contributed by atoms with Crippen molar-refractivity contribution in [2.24, 2.45) is 0 Å². The predicted molar refractivity (Wildman–Crippen MR) is 136 cm³/mol. The molecule has 34 heavy (non-hydrogen) atoms. The molecule has 3 aromatic rings. The van der Waals surface area contributed by atoms with Crippen LogP contribution in [0.3, 0.4) is 0 Å². The van der Waals surface area contributed by atoms with Gasteiger partial charge in [-0.3, -0.25) is 0 Å². The number of fused-ring (bicyclic) bond motifs is 5. The van der Waals surface area contributed by atoms with Gasteiger partial charge in [-0.2, -0.15) is 0 Å². The van der Waals surface area contributed by atoms with Crippen molar-refractivity contribution in [1.82, 2.24) is 14.9 Å². The Morgan fingerprint density at radius 3 is 2.79 bits per heavy atom. The summed E-state index contributed by atoms with van der Waals surface area (Å²) in [6.45, 7) is 1.07. The summed E-state index contributed by atoms with van der Waals surface area (Å²) < 4.78 is 5.66. The molecule has 2 bridgehead atoms. The molecule has 174 valence electrons. The van der Waals surface area contributed by atoms with Gasteiger partial charge in [-0.25, -0.2) is 14.8 Å². The Balaban J connectivity index is 1.17. The minimum Gasteiger partial charge on any atom is -0.445 e. The Morgan fingerprint density at radius 2 is 1.94 bits per heavy atom. The molecule has 2 aromatic carbocycles. The summed E-state index contributed by atoms with van der Waals surface area (Å²) in [5, 5.41) is 0.836. The van der Waals surface area contributed by atoms with Crippen molar-refractivity contribution in [1.29, 1.82) is 0 Å². The second-order valence-corrected chi connectivity index (χ2v) is 9.85. The SMILES string of the molecule is O=C(OCc1ccccc1)N1CCC2CC1c1cc(/C=C/CCCSc3ncccn3)ccc12. The van der Waals surface area contributed by atoms with E-state index in [0.29, 0.717) is 12.5 Å². The van der Waals surface area contributed by atoms with Crippen molar-refractivity contribution in [2.75, 3.05) is 12.3 Å². The van der Waals surface area contributed by atoms with Gasteiger partial charge in [0.25, 0.3) is 0 Å². The number of aromatic nitrogens is 2. The van der Waals surface area contributed by atoms with E-state index in [0.717, 1.165) is 48.7 Å². The predicted octanol–water partition coefficient (Wildman–Crippen LogP) is 6.63. The van der Waals surface area contributed by atoms with E-state index in [-0.39, 0.29) is 12.1 Å². The number of carbonyl (C=O) groups is 1. The van der Waals surface area contributed by atoms with Crippen LogP contribution in [-0.2, 0) is 11.3 Å². The minimum absolute atomic E-state index is 0.118. The monoisotopic (exact) mass is 471 g/mol. The number of hydrogen-bond acceptors (Lipinski definition) is 5. The van der Waals surface area contributed by atoms with Gasteiger partial charge in [-0.1, -0.05) is 66.4 Å². The third kappa shape index (κ3) is 5.33. The van der Waals surface area contributed by atoms with E-state index in [1.165, 1.54) is 16.7 Å². The minimum atomic E-state index is -0.207. The molecule has 6 heteroatoms. The van der Waals surface area contributed by atoms with Crippen LogP contribution in [0, 0.1) is 0 Å². The van der Waals surface area contributed by atoms with Crippen molar-refractivity contribution < 1.29 is 9.53 Å². The van der Waals surface area contributed by atoms with E-state index in [1.54, 1.807) is 24.2 Å². The van der Waals surface area contributed by atoms with E-state index < -0.39 is 0 Å². The van der Waals surface area contributed by atoms with Crippen molar-refractivity contribution in [2.45, 2.75) is 49.4 Å². The van der Waals surface area contributed by atoms with E-state index in [4.69, 9.17) is 4.74 Å². The van der Waals surface area contributed by atoms with Crippen LogP contribution in [0.4, 0.5) is 4.79 Å². The molecule has 1 fully saturated rings. The molecule has 5 nitrogen and oxygen atoms in total. The van der Waals surface area contributed by atoms with Gasteiger partial charge in [0, 0.05) is 24.7 Å². The molecule has 5 rings (SSSR count). The fourth-order valence-electron chi connectivity index (χ4n) is 4.86. The number of carbonyl (C=O) groups excluding carboxylic acids is 1. The van der Waals surface area contributed by atoms with Crippen molar-refractivity contribution in [3.8, 4) is 0 Å². The molecule has 1 amide bonds. The molecule has 2 aliphatic rings.